The molecule has 0 saturated heterocycles. The molecule has 5 rings (SSSR count). The van der Waals surface area contributed by atoms with Gasteiger partial charge in [0.15, 0.2) is 5.82 Å². The van der Waals surface area contributed by atoms with E-state index in [0.29, 0.717) is 11.4 Å². The van der Waals surface area contributed by atoms with Crippen molar-refractivity contribution in [3.05, 3.63) is 72.2 Å². The first-order chi connectivity index (χ1) is 14.6. The van der Waals surface area contributed by atoms with Crippen molar-refractivity contribution >= 4 is 50.0 Å². The minimum Gasteiger partial charge on any atom is -0.460 e. The van der Waals surface area contributed by atoms with Crippen LogP contribution >= 0.6 is 0 Å². The number of hydrogen-bond acceptors (Lipinski definition) is 4. The molecule has 5 aromatic rings. The van der Waals surface area contributed by atoms with Crippen LogP contribution in [0.3, 0.4) is 0 Å². The standard InChI is InChI=1S/C24H19N3O3/c1-3-30-24(29)22-25-19(13-27(22)2)26-23(28)18-12-10-16-8-7-14-5-4-6-15-9-11-17(18)21(16)20(14)15/h4-13H,3H2,1-2H3,(H,26,28). The van der Waals surface area contributed by atoms with Gasteiger partial charge in [0.25, 0.3) is 5.91 Å². The van der Waals surface area contributed by atoms with Crippen molar-refractivity contribution in [2.45, 2.75) is 6.92 Å². The van der Waals surface area contributed by atoms with Gasteiger partial charge in [-0.3, -0.25) is 4.79 Å². The Kier molecular flexibility index (Phi) is 4.13. The van der Waals surface area contributed by atoms with Gasteiger partial charge in [-0.15, -0.1) is 0 Å². The van der Waals surface area contributed by atoms with Gasteiger partial charge in [-0.2, -0.15) is 0 Å². The van der Waals surface area contributed by atoms with Crippen LogP contribution in [0, 0.1) is 0 Å². The number of esters is 1. The monoisotopic (exact) mass is 397 g/mol. The lowest BCUT2D eigenvalue weighted by Crippen LogP contribution is -2.13. The summed E-state index contributed by atoms with van der Waals surface area (Å²) in [5, 5.41) is 9.31. The van der Waals surface area contributed by atoms with Crippen molar-refractivity contribution < 1.29 is 14.3 Å². The Morgan fingerprint density at radius 3 is 2.37 bits per heavy atom. The summed E-state index contributed by atoms with van der Waals surface area (Å²) in [7, 11) is 1.69. The third-order valence-corrected chi connectivity index (χ3v) is 5.35. The smallest absolute Gasteiger partial charge is 0.374 e. The van der Waals surface area contributed by atoms with Crippen molar-refractivity contribution in [3.63, 3.8) is 0 Å². The molecule has 30 heavy (non-hydrogen) atoms. The first-order valence-corrected chi connectivity index (χ1v) is 9.75. The number of rotatable bonds is 4. The van der Waals surface area contributed by atoms with Gasteiger partial charge in [0.1, 0.15) is 0 Å². The number of benzene rings is 4. The lowest BCUT2D eigenvalue weighted by Gasteiger charge is -2.13. The molecule has 148 valence electrons. The van der Waals surface area contributed by atoms with Gasteiger partial charge in [0.2, 0.25) is 5.82 Å². The Balaban J connectivity index is 1.57. The summed E-state index contributed by atoms with van der Waals surface area (Å²) in [5.74, 6) is -0.358. The average molecular weight is 397 g/mol. The van der Waals surface area contributed by atoms with Gasteiger partial charge in [-0.05, 0) is 45.3 Å². The Hall–Kier alpha value is -3.93. The Bertz CT molecular complexity index is 1420. The van der Waals surface area contributed by atoms with Crippen LogP contribution in [0.15, 0.2) is 60.8 Å². The number of carbonyl (C=O) groups excluding carboxylic acids is 2. The van der Waals surface area contributed by atoms with E-state index < -0.39 is 5.97 Å². The molecule has 1 N–H and O–H groups in total. The molecule has 0 unspecified atom stereocenters. The van der Waals surface area contributed by atoms with Gasteiger partial charge >= 0.3 is 5.97 Å². The summed E-state index contributed by atoms with van der Waals surface area (Å²) < 4.78 is 6.54. The first kappa shape index (κ1) is 18.1. The molecule has 0 bridgehead atoms. The summed E-state index contributed by atoms with van der Waals surface area (Å²) >= 11 is 0. The van der Waals surface area contributed by atoms with Crippen molar-refractivity contribution in [3.8, 4) is 0 Å². The summed E-state index contributed by atoms with van der Waals surface area (Å²) in [4.78, 5) is 29.3. The molecule has 0 aliphatic rings. The van der Waals surface area contributed by atoms with E-state index in [-0.39, 0.29) is 18.3 Å². The van der Waals surface area contributed by atoms with E-state index in [2.05, 4.69) is 34.6 Å². The maximum atomic E-state index is 13.1. The van der Waals surface area contributed by atoms with Crippen molar-refractivity contribution in [2.75, 3.05) is 11.9 Å². The SMILES string of the molecule is CCOC(=O)c1nc(NC(=O)c2ccc3ccc4cccc5ccc2c3c45)cn1C. The minimum atomic E-state index is -0.525. The summed E-state index contributed by atoms with van der Waals surface area (Å²) in [6, 6.07) is 18.2. The molecule has 0 saturated carbocycles. The number of anilines is 1. The third kappa shape index (κ3) is 2.76. The predicted octanol–water partition coefficient (Wildman–Crippen LogP) is 4.75. The van der Waals surface area contributed by atoms with Crippen molar-refractivity contribution in [2.24, 2.45) is 7.05 Å². The molecule has 0 spiro atoms. The van der Waals surface area contributed by atoms with Crippen LogP contribution in [0.2, 0.25) is 0 Å². The van der Waals surface area contributed by atoms with E-state index in [1.807, 2.05) is 30.3 Å². The fourth-order valence-electron chi connectivity index (χ4n) is 4.03. The second-order valence-electron chi connectivity index (χ2n) is 7.20. The molecule has 1 heterocycles. The van der Waals surface area contributed by atoms with E-state index in [9.17, 15) is 9.59 Å². The zero-order chi connectivity index (χ0) is 20.8. The Morgan fingerprint density at radius 1 is 0.967 bits per heavy atom. The van der Waals surface area contributed by atoms with Gasteiger partial charge in [-0.1, -0.05) is 48.5 Å². The van der Waals surface area contributed by atoms with Gasteiger partial charge in [0, 0.05) is 18.8 Å². The lowest BCUT2D eigenvalue weighted by atomic mass is 9.92. The van der Waals surface area contributed by atoms with Crippen LogP contribution in [-0.4, -0.2) is 28.0 Å². The first-order valence-electron chi connectivity index (χ1n) is 9.75. The molecule has 0 aliphatic carbocycles. The second-order valence-corrected chi connectivity index (χ2v) is 7.20. The Morgan fingerprint density at radius 2 is 1.63 bits per heavy atom. The molecule has 0 aliphatic heterocycles. The van der Waals surface area contributed by atoms with E-state index >= 15 is 0 Å². The lowest BCUT2D eigenvalue weighted by molar-refractivity contribution is 0.0508. The summed E-state index contributed by atoms with van der Waals surface area (Å²) in [6.07, 6.45) is 1.60. The van der Waals surface area contributed by atoms with Crippen LogP contribution < -0.4 is 5.32 Å². The van der Waals surface area contributed by atoms with E-state index in [4.69, 9.17) is 4.74 Å². The number of nitrogens with one attached hydrogen (secondary N) is 1. The highest BCUT2D eigenvalue weighted by molar-refractivity contribution is 6.27. The molecule has 1 amide bonds. The molecular weight excluding hydrogens is 378 g/mol. The molecule has 6 heteroatoms. The van der Waals surface area contributed by atoms with E-state index in [1.165, 1.54) is 4.57 Å². The zero-order valence-electron chi connectivity index (χ0n) is 16.6. The molecule has 1 aromatic heterocycles. The van der Waals surface area contributed by atoms with E-state index in [1.54, 1.807) is 20.2 Å². The molecular formula is C24H19N3O3. The largest absolute Gasteiger partial charge is 0.460 e. The van der Waals surface area contributed by atoms with E-state index in [0.717, 1.165) is 32.3 Å². The summed E-state index contributed by atoms with van der Waals surface area (Å²) in [5.41, 5.74) is 0.559. The zero-order valence-corrected chi connectivity index (χ0v) is 16.6. The van der Waals surface area contributed by atoms with Crippen LogP contribution in [0.5, 0.6) is 0 Å². The minimum absolute atomic E-state index is 0.141. The van der Waals surface area contributed by atoms with Crippen LogP contribution in [0.25, 0.3) is 32.3 Å². The molecule has 6 nitrogen and oxygen atoms in total. The van der Waals surface area contributed by atoms with Gasteiger partial charge in [0.05, 0.1) is 6.61 Å². The summed E-state index contributed by atoms with van der Waals surface area (Å²) in [6.45, 7) is 1.99. The number of hydrogen-bond donors (Lipinski definition) is 1. The molecule has 0 fully saturated rings. The predicted molar refractivity (Wildman–Crippen MR) is 117 cm³/mol. The number of imidazole rings is 1. The number of aromatic nitrogens is 2. The highest BCUT2D eigenvalue weighted by Crippen LogP contribution is 2.36. The molecule has 0 radical (unpaired) electrons. The second kappa shape index (κ2) is 6.84. The number of amides is 1. The maximum Gasteiger partial charge on any atom is 0.374 e. The van der Waals surface area contributed by atoms with Crippen molar-refractivity contribution in [1.82, 2.24) is 9.55 Å². The van der Waals surface area contributed by atoms with Crippen LogP contribution in [0.1, 0.15) is 27.9 Å². The van der Waals surface area contributed by atoms with Gasteiger partial charge < -0.3 is 14.6 Å². The van der Waals surface area contributed by atoms with Crippen LogP contribution in [-0.2, 0) is 11.8 Å². The normalized spacial score (nSPS) is 11.4. The van der Waals surface area contributed by atoms with Crippen molar-refractivity contribution in [1.29, 1.82) is 0 Å². The topological polar surface area (TPSA) is 73.2 Å². The quantitative estimate of drug-likeness (QED) is 0.351. The van der Waals surface area contributed by atoms with Crippen LogP contribution in [0.4, 0.5) is 5.82 Å². The average Bonchev–Trinajstić information content (AvgIpc) is 3.12. The highest BCUT2D eigenvalue weighted by Gasteiger charge is 2.19. The Labute approximate surface area is 172 Å². The maximum absolute atomic E-state index is 13.1. The number of ether oxygens (including phenoxy) is 1. The van der Waals surface area contributed by atoms with Gasteiger partial charge in [-0.25, -0.2) is 9.78 Å². The highest BCUT2D eigenvalue weighted by atomic mass is 16.5. The fraction of sp³-hybridized carbons (Fsp3) is 0.125. The molecule has 4 aromatic carbocycles. The number of nitrogens with zero attached hydrogens (tertiary/aromatic N) is 2. The number of carbonyl (C=O) groups is 2. The molecule has 0 atom stereocenters. The number of aryl methyl sites for hydroxylation is 1. The fourth-order valence-corrected chi connectivity index (χ4v) is 4.03. The third-order valence-electron chi connectivity index (χ3n) is 5.35.